The molecule has 4 aromatic rings. The molecule has 0 aliphatic carbocycles. The van der Waals surface area contributed by atoms with Crippen molar-refractivity contribution in [3.05, 3.63) is 101 Å². The van der Waals surface area contributed by atoms with Gasteiger partial charge < -0.3 is 5.32 Å². The standard InChI is InChI=1S/C24H17ClN4O2S/c25-19-12-9-16(10-13-19)11-14-21(30)26-20-8-4-7-18(15-20)22(31)27-24-29-28-23(32-24)17-5-2-1-3-6-17/h1-15H,(H,26,30)(H,27,29,31)/b14-11+. The zero-order chi connectivity index (χ0) is 22.3. The maximum absolute atomic E-state index is 12.6. The first-order chi connectivity index (χ1) is 15.6. The van der Waals surface area contributed by atoms with Gasteiger partial charge in [-0.15, -0.1) is 10.2 Å². The molecule has 3 aromatic carbocycles. The number of carbonyl (C=O) groups excluding carboxylic acids is 2. The lowest BCUT2D eigenvalue weighted by Gasteiger charge is -2.05. The minimum absolute atomic E-state index is 0.311. The van der Waals surface area contributed by atoms with Crippen molar-refractivity contribution in [1.29, 1.82) is 0 Å². The minimum Gasteiger partial charge on any atom is -0.322 e. The van der Waals surface area contributed by atoms with Gasteiger partial charge in [-0.05, 0) is 42.0 Å². The number of anilines is 2. The van der Waals surface area contributed by atoms with Gasteiger partial charge in [-0.1, -0.05) is 71.5 Å². The predicted octanol–water partition coefficient (Wildman–Crippen LogP) is 5.76. The van der Waals surface area contributed by atoms with Crippen LogP contribution in [0.3, 0.4) is 0 Å². The largest absolute Gasteiger partial charge is 0.322 e. The van der Waals surface area contributed by atoms with Crippen LogP contribution in [0.25, 0.3) is 16.6 Å². The fraction of sp³-hybridized carbons (Fsp3) is 0. The van der Waals surface area contributed by atoms with Gasteiger partial charge in [0.25, 0.3) is 5.91 Å². The highest BCUT2D eigenvalue weighted by atomic mass is 35.5. The Balaban J connectivity index is 1.39. The molecule has 0 aliphatic heterocycles. The fourth-order valence-electron chi connectivity index (χ4n) is 2.81. The monoisotopic (exact) mass is 460 g/mol. The summed E-state index contributed by atoms with van der Waals surface area (Å²) in [7, 11) is 0. The van der Waals surface area contributed by atoms with Gasteiger partial charge >= 0.3 is 0 Å². The third-order valence-electron chi connectivity index (χ3n) is 4.36. The van der Waals surface area contributed by atoms with E-state index in [1.165, 1.54) is 17.4 Å². The summed E-state index contributed by atoms with van der Waals surface area (Å²) in [5, 5.41) is 15.4. The number of hydrogen-bond donors (Lipinski definition) is 2. The van der Waals surface area contributed by atoms with Crippen LogP contribution in [-0.4, -0.2) is 22.0 Å². The summed E-state index contributed by atoms with van der Waals surface area (Å²) >= 11 is 7.15. The lowest BCUT2D eigenvalue weighted by Crippen LogP contribution is -2.13. The second-order valence-electron chi connectivity index (χ2n) is 6.69. The van der Waals surface area contributed by atoms with E-state index >= 15 is 0 Å². The van der Waals surface area contributed by atoms with E-state index in [0.29, 0.717) is 21.4 Å². The smallest absolute Gasteiger partial charge is 0.257 e. The number of rotatable bonds is 6. The van der Waals surface area contributed by atoms with E-state index in [0.717, 1.165) is 16.1 Å². The summed E-state index contributed by atoms with van der Waals surface area (Å²) in [5.74, 6) is -0.650. The highest BCUT2D eigenvalue weighted by Crippen LogP contribution is 2.26. The first kappa shape index (κ1) is 21.4. The number of aromatic nitrogens is 2. The molecule has 1 aromatic heterocycles. The zero-order valence-electron chi connectivity index (χ0n) is 16.7. The number of amides is 2. The summed E-state index contributed by atoms with van der Waals surface area (Å²) in [4.78, 5) is 24.8. The molecule has 8 heteroatoms. The number of nitrogens with one attached hydrogen (secondary N) is 2. The normalized spacial score (nSPS) is 10.8. The molecule has 0 unspecified atom stereocenters. The van der Waals surface area contributed by atoms with Gasteiger partial charge in [-0.25, -0.2) is 0 Å². The Morgan fingerprint density at radius 2 is 1.66 bits per heavy atom. The van der Waals surface area contributed by atoms with E-state index in [1.807, 2.05) is 42.5 Å². The molecule has 0 saturated carbocycles. The summed E-state index contributed by atoms with van der Waals surface area (Å²) in [6, 6.07) is 23.4. The lowest BCUT2D eigenvalue weighted by molar-refractivity contribution is -0.111. The highest BCUT2D eigenvalue weighted by molar-refractivity contribution is 7.18. The van der Waals surface area contributed by atoms with Gasteiger partial charge in [0, 0.05) is 27.9 Å². The molecule has 0 spiro atoms. The van der Waals surface area contributed by atoms with Crippen LogP contribution in [0.4, 0.5) is 10.8 Å². The average Bonchev–Trinajstić information content (AvgIpc) is 3.28. The van der Waals surface area contributed by atoms with E-state index in [2.05, 4.69) is 20.8 Å². The van der Waals surface area contributed by atoms with Crippen molar-refractivity contribution in [2.75, 3.05) is 10.6 Å². The first-order valence-electron chi connectivity index (χ1n) is 9.62. The van der Waals surface area contributed by atoms with Gasteiger partial charge in [0.2, 0.25) is 11.0 Å². The second kappa shape index (κ2) is 10.00. The molecule has 0 bridgehead atoms. The molecular formula is C24H17ClN4O2S. The number of nitrogens with zero attached hydrogens (tertiary/aromatic N) is 2. The van der Waals surface area contributed by atoms with Crippen LogP contribution < -0.4 is 10.6 Å². The van der Waals surface area contributed by atoms with Crippen molar-refractivity contribution >= 4 is 51.6 Å². The molecule has 0 atom stereocenters. The SMILES string of the molecule is O=C(/C=C/c1ccc(Cl)cc1)Nc1cccc(C(=O)Nc2nnc(-c3ccccc3)s2)c1. The Kier molecular flexibility index (Phi) is 6.69. The van der Waals surface area contributed by atoms with E-state index in [9.17, 15) is 9.59 Å². The van der Waals surface area contributed by atoms with Crippen LogP contribution in [0.5, 0.6) is 0 Å². The Morgan fingerprint density at radius 3 is 2.44 bits per heavy atom. The van der Waals surface area contributed by atoms with E-state index in [-0.39, 0.29) is 11.8 Å². The molecule has 1 heterocycles. The van der Waals surface area contributed by atoms with Crippen LogP contribution in [0.2, 0.25) is 5.02 Å². The van der Waals surface area contributed by atoms with E-state index in [1.54, 1.807) is 42.5 Å². The van der Waals surface area contributed by atoms with Crippen molar-refractivity contribution in [1.82, 2.24) is 10.2 Å². The molecule has 158 valence electrons. The van der Waals surface area contributed by atoms with Crippen molar-refractivity contribution in [3.63, 3.8) is 0 Å². The van der Waals surface area contributed by atoms with Crippen LogP contribution >= 0.6 is 22.9 Å². The lowest BCUT2D eigenvalue weighted by atomic mass is 10.2. The number of benzene rings is 3. The average molecular weight is 461 g/mol. The third-order valence-corrected chi connectivity index (χ3v) is 5.50. The molecular weight excluding hydrogens is 444 g/mol. The molecule has 2 amide bonds. The molecule has 0 saturated heterocycles. The van der Waals surface area contributed by atoms with Gasteiger partial charge in [0.05, 0.1) is 0 Å². The fourth-order valence-corrected chi connectivity index (χ4v) is 3.68. The Morgan fingerprint density at radius 1 is 0.875 bits per heavy atom. The summed E-state index contributed by atoms with van der Waals surface area (Å²) < 4.78 is 0. The molecule has 0 fully saturated rings. The quantitative estimate of drug-likeness (QED) is 0.358. The van der Waals surface area contributed by atoms with Crippen molar-refractivity contribution < 1.29 is 9.59 Å². The summed E-state index contributed by atoms with van der Waals surface area (Å²) in [5.41, 5.74) is 2.68. The Bertz CT molecular complexity index is 1270. The van der Waals surface area contributed by atoms with Crippen LogP contribution in [-0.2, 0) is 4.79 Å². The summed E-state index contributed by atoms with van der Waals surface area (Å²) in [6.07, 6.45) is 3.10. The minimum atomic E-state index is -0.339. The van der Waals surface area contributed by atoms with E-state index < -0.39 is 0 Å². The molecule has 4 rings (SSSR count). The van der Waals surface area contributed by atoms with Gasteiger partial charge in [-0.2, -0.15) is 0 Å². The first-order valence-corrected chi connectivity index (χ1v) is 10.8. The maximum atomic E-state index is 12.6. The van der Waals surface area contributed by atoms with Crippen LogP contribution in [0.1, 0.15) is 15.9 Å². The molecule has 2 N–H and O–H groups in total. The predicted molar refractivity (Wildman–Crippen MR) is 129 cm³/mol. The molecule has 6 nitrogen and oxygen atoms in total. The molecule has 32 heavy (non-hydrogen) atoms. The second-order valence-corrected chi connectivity index (χ2v) is 8.10. The highest BCUT2D eigenvalue weighted by Gasteiger charge is 2.12. The molecule has 0 aliphatic rings. The van der Waals surface area contributed by atoms with Crippen molar-refractivity contribution in [2.45, 2.75) is 0 Å². The zero-order valence-corrected chi connectivity index (χ0v) is 18.2. The van der Waals surface area contributed by atoms with Crippen molar-refractivity contribution in [3.8, 4) is 10.6 Å². The Labute approximate surface area is 193 Å². The molecule has 0 radical (unpaired) electrons. The van der Waals surface area contributed by atoms with Gasteiger partial charge in [0.15, 0.2) is 0 Å². The van der Waals surface area contributed by atoms with Crippen LogP contribution in [0, 0.1) is 0 Å². The number of halogens is 1. The van der Waals surface area contributed by atoms with Gasteiger partial charge in [-0.3, -0.25) is 14.9 Å². The number of carbonyl (C=O) groups is 2. The topological polar surface area (TPSA) is 84.0 Å². The Hall–Kier alpha value is -3.81. The maximum Gasteiger partial charge on any atom is 0.257 e. The van der Waals surface area contributed by atoms with E-state index in [4.69, 9.17) is 11.6 Å². The third kappa shape index (κ3) is 5.66. The van der Waals surface area contributed by atoms with Crippen LogP contribution in [0.15, 0.2) is 84.9 Å². The van der Waals surface area contributed by atoms with Gasteiger partial charge in [0.1, 0.15) is 5.01 Å². The van der Waals surface area contributed by atoms with Crippen molar-refractivity contribution in [2.24, 2.45) is 0 Å². The summed E-state index contributed by atoms with van der Waals surface area (Å²) in [6.45, 7) is 0. The number of hydrogen-bond acceptors (Lipinski definition) is 5.